The Morgan fingerprint density at radius 3 is 2.44 bits per heavy atom. The summed E-state index contributed by atoms with van der Waals surface area (Å²) in [5, 5.41) is 2.73. The first kappa shape index (κ1) is 14.7. The van der Waals surface area contributed by atoms with E-state index in [0.717, 1.165) is 6.42 Å². The zero-order valence-corrected chi connectivity index (χ0v) is 10.2. The monoisotopic (exact) mass is 265 g/mol. The maximum Gasteiger partial charge on any atom is 0.389 e. The molecule has 0 saturated carbocycles. The van der Waals surface area contributed by atoms with Gasteiger partial charge in [0, 0.05) is 13.0 Å². The van der Waals surface area contributed by atoms with Crippen molar-refractivity contribution in [3.8, 4) is 0 Å². The fraction of sp³-hybridized carbons (Fsp3) is 0.636. The van der Waals surface area contributed by atoms with Crippen molar-refractivity contribution in [1.29, 1.82) is 0 Å². The number of hydrogen-bond acceptors (Lipinski definition) is 3. The van der Waals surface area contributed by atoms with Gasteiger partial charge in [0.25, 0.3) is 0 Å². The molecule has 1 heterocycles. The third kappa shape index (κ3) is 4.46. The first-order chi connectivity index (χ1) is 8.33. The molecule has 0 fully saturated rings. The number of anilines is 1. The first-order valence-electron chi connectivity index (χ1n) is 5.67. The van der Waals surface area contributed by atoms with Crippen LogP contribution in [0, 0.1) is 12.7 Å². The molecular formula is C11H15F4N3. The SMILES string of the molecule is CCCNc1nc(CCC(F)(F)F)nc(C)c1F. The van der Waals surface area contributed by atoms with Crippen molar-refractivity contribution in [2.45, 2.75) is 39.3 Å². The molecule has 0 amide bonds. The molecule has 0 bridgehead atoms. The van der Waals surface area contributed by atoms with Crippen LogP contribution in [0.5, 0.6) is 0 Å². The van der Waals surface area contributed by atoms with Crippen molar-refractivity contribution in [3.05, 3.63) is 17.3 Å². The van der Waals surface area contributed by atoms with Gasteiger partial charge in [-0.05, 0) is 13.3 Å². The van der Waals surface area contributed by atoms with Gasteiger partial charge < -0.3 is 5.32 Å². The molecule has 0 aliphatic rings. The standard InChI is InChI=1S/C11H15F4N3/c1-3-6-16-10-9(12)7(2)17-8(18-10)4-5-11(13,14)15/h3-6H2,1-2H3,(H,16,17,18). The number of hydrogen-bond donors (Lipinski definition) is 1. The van der Waals surface area contributed by atoms with Gasteiger partial charge in [-0.1, -0.05) is 6.92 Å². The van der Waals surface area contributed by atoms with Crippen molar-refractivity contribution >= 4 is 5.82 Å². The van der Waals surface area contributed by atoms with E-state index in [0.29, 0.717) is 6.54 Å². The zero-order valence-electron chi connectivity index (χ0n) is 10.2. The molecule has 0 saturated heterocycles. The van der Waals surface area contributed by atoms with Crippen LogP contribution in [-0.4, -0.2) is 22.7 Å². The maximum atomic E-state index is 13.6. The van der Waals surface area contributed by atoms with E-state index in [2.05, 4.69) is 15.3 Å². The van der Waals surface area contributed by atoms with Crippen LogP contribution >= 0.6 is 0 Å². The summed E-state index contributed by atoms with van der Waals surface area (Å²) in [7, 11) is 0. The van der Waals surface area contributed by atoms with E-state index in [4.69, 9.17) is 0 Å². The van der Waals surface area contributed by atoms with Gasteiger partial charge in [-0.3, -0.25) is 0 Å². The molecule has 0 aliphatic heterocycles. The average molecular weight is 265 g/mol. The molecule has 1 rings (SSSR count). The lowest BCUT2D eigenvalue weighted by Crippen LogP contribution is -2.13. The second-order valence-corrected chi connectivity index (χ2v) is 3.93. The number of nitrogens with one attached hydrogen (secondary N) is 1. The van der Waals surface area contributed by atoms with Gasteiger partial charge in [-0.15, -0.1) is 0 Å². The average Bonchev–Trinajstić information content (AvgIpc) is 2.28. The third-order valence-corrected chi connectivity index (χ3v) is 2.24. The van der Waals surface area contributed by atoms with Gasteiger partial charge in [0.2, 0.25) is 0 Å². The Bertz CT molecular complexity index is 404. The van der Waals surface area contributed by atoms with Crippen molar-refractivity contribution in [1.82, 2.24) is 9.97 Å². The smallest absolute Gasteiger partial charge is 0.368 e. The van der Waals surface area contributed by atoms with Gasteiger partial charge in [0.05, 0.1) is 12.1 Å². The van der Waals surface area contributed by atoms with E-state index < -0.39 is 18.4 Å². The lowest BCUT2D eigenvalue weighted by Gasteiger charge is -2.10. The third-order valence-electron chi connectivity index (χ3n) is 2.24. The summed E-state index contributed by atoms with van der Waals surface area (Å²) in [4.78, 5) is 7.49. The molecule has 1 aromatic heterocycles. The fourth-order valence-electron chi connectivity index (χ4n) is 1.34. The number of rotatable bonds is 5. The number of aryl methyl sites for hydroxylation is 2. The molecule has 0 radical (unpaired) electrons. The van der Waals surface area contributed by atoms with Crippen molar-refractivity contribution < 1.29 is 17.6 Å². The molecule has 0 aliphatic carbocycles. The van der Waals surface area contributed by atoms with Gasteiger partial charge in [-0.2, -0.15) is 13.2 Å². The van der Waals surface area contributed by atoms with E-state index in [-0.39, 0.29) is 23.8 Å². The summed E-state index contributed by atoms with van der Waals surface area (Å²) in [6.45, 7) is 3.81. The van der Waals surface area contributed by atoms with Crippen LogP contribution in [0.15, 0.2) is 0 Å². The Morgan fingerprint density at radius 1 is 1.22 bits per heavy atom. The minimum absolute atomic E-state index is 0.00447. The summed E-state index contributed by atoms with van der Waals surface area (Å²) in [5.74, 6) is -0.634. The molecule has 0 spiro atoms. The second kappa shape index (κ2) is 5.97. The second-order valence-electron chi connectivity index (χ2n) is 3.93. The summed E-state index contributed by atoms with van der Waals surface area (Å²) in [6.07, 6.45) is -4.85. The summed E-state index contributed by atoms with van der Waals surface area (Å²) < 4.78 is 49.8. The first-order valence-corrected chi connectivity index (χ1v) is 5.67. The van der Waals surface area contributed by atoms with Crippen LogP contribution in [0.3, 0.4) is 0 Å². The molecule has 102 valence electrons. The lowest BCUT2D eigenvalue weighted by atomic mass is 10.2. The predicted octanol–water partition coefficient (Wildman–Crippen LogP) is 3.24. The van der Waals surface area contributed by atoms with E-state index in [1.165, 1.54) is 6.92 Å². The lowest BCUT2D eigenvalue weighted by molar-refractivity contribution is -0.134. The van der Waals surface area contributed by atoms with Crippen LogP contribution in [0.4, 0.5) is 23.4 Å². The predicted molar refractivity (Wildman–Crippen MR) is 59.9 cm³/mol. The number of alkyl halides is 3. The van der Waals surface area contributed by atoms with E-state index in [1.807, 2.05) is 6.92 Å². The Labute approximate surface area is 103 Å². The largest absolute Gasteiger partial charge is 0.389 e. The highest BCUT2D eigenvalue weighted by atomic mass is 19.4. The van der Waals surface area contributed by atoms with Crippen LogP contribution < -0.4 is 5.32 Å². The summed E-state index contributed by atoms with van der Waals surface area (Å²) in [5.41, 5.74) is 0.0563. The molecule has 0 aromatic carbocycles. The summed E-state index contributed by atoms with van der Waals surface area (Å²) >= 11 is 0. The molecule has 0 unspecified atom stereocenters. The van der Waals surface area contributed by atoms with Gasteiger partial charge in [0.1, 0.15) is 5.82 Å². The van der Waals surface area contributed by atoms with E-state index >= 15 is 0 Å². The van der Waals surface area contributed by atoms with Crippen LogP contribution in [-0.2, 0) is 6.42 Å². The van der Waals surface area contributed by atoms with Gasteiger partial charge in [0.15, 0.2) is 11.6 Å². The highest BCUT2D eigenvalue weighted by Crippen LogP contribution is 2.22. The van der Waals surface area contributed by atoms with Crippen molar-refractivity contribution in [3.63, 3.8) is 0 Å². The topological polar surface area (TPSA) is 37.8 Å². The Morgan fingerprint density at radius 2 is 1.89 bits per heavy atom. The molecule has 1 aromatic rings. The molecule has 0 atom stereocenters. The van der Waals surface area contributed by atoms with E-state index in [1.54, 1.807) is 0 Å². The zero-order chi connectivity index (χ0) is 13.8. The molecular weight excluding hydrogens is 250 g/mol. The van der Waals surface area contributed by atoms with Gasteiger partial charge >= 0.3 is 6.18 Å². The van der Waals surface area contributed by atoms with Crippen molar-refractivity contribution in [2.75, 3.05) is 11.9 Å². The fourth-order valence-corrected chi connectivity index (χ4v) is 1.34. The minimum Gasteiger partial charge on any atom is -0.368 e. The van der Waals surface area contributed by atoms with Gasteiger partial charge in [-0.25, -0.2) is 14.4 Å². The Kier molecular flexibility index (Phi) is 4.86. The maximum absolute atomic E-state index is 13.6. The minimum atomic E-state index is -4.26. The number of nitrogens with zero attached hydrogens (tertiary/aromatic N) is 2. The van der Waals surface area contributed by atoms with Crippen molar-refractivity contribution in [2.24, 2.45) is 0 Å². The molecule has 1 N–H and O–H groups in total. The number of aromatic nitrogens is 2. The highest BCUT2D eigenvalue weighted by molar-refractivity contribution is 5.38. The molecule has 3 nitrogen and oxygen atoms in total. The Balaban J connectivity index is 2.83. The number of halogens is 4. The van der Waals surface area contributed by atoms with E-state index in [9.17, 15) is 17.6 Å². The van der Waals surface area contributed by atoms with Crippen LogP contribution in [0.1, 0.15) is 31.3 Å². The summed E-state index contributed by atoms with van der Waals surface area (Å²) in [6, 6.07) is 0. The normalized spacial score (nSPS) is 11.7. The molecule has 18 heavy (non-hydrogen) atoms. The molecule has 7 heteroatoms. The Hall–Kier alpha value is -1.40. The highest BCUT2D eigenvalue weighted by Gasteiger charge is 2.27. The quantitative estimate of drug-likeness (QED) is 0.830. The van der Waals surface area contributed by atoms with Crippen LogP contribution in [0.2, 0.25) is 0 Å². The van der Waals surface area contributed by atoms with Crippen LogP contribution in [0.25, 0.3) is 0 Å².